The van der Waals surface area contributed by atoms with Gasteiger partial charge in [0.2, 0.25) is 0 Å². The summed E-state index contributed by atoms with van der Waals surface area (Å²) in [5, 5.41) is 20.8. The average molecular weight is 486 g/mol. The minimum Gasteiger partial charge on any atom is -0.421 e. The molecular formula is C20H20F2N2O10. The number of esters is 2. The van der Waals surface area contributed by atoms with E-state index < -0.39 is 51.7 Å². The summed E-state index contributed by atoms with van der Waals surface area (Å²) >= 11 is 0. The van der Waals surface area contributed by atoms with Crippen LogP contribution in [-0.2, 0) is 28.5 Å². The van der Waals surface area contributed by atoms with Gasteiger partial charge in [0.25, 0.3) is 17.7 Å². The number of nitro groups is 2. The van der Waals surface area contributed by atoms with E-state index in [0.717, 1.165) is 32.0 Å². The molecule has 0 spiro atoms. The summed E-state index contributed by atoms with van der Waals surface area (Å²) in [6.45, 7) is 2.11. The van der Waals surface area contributed by atoms with Gasteiger partial charge in [-0.2, -0.15) is 0 Å². The van der Waals surface area contributed by atoms with E-state index in [0.29, 0.717) is 6.07 Å². The number of hydrogen-bond acceptors (Lipinski definition) is 10. The van der Waals surface area contributed by atoms with Crippen molar-refractivity contribution in [1.82, 2.24) is 0 Å². The van der Waals surface area contributed by atoms with Crippen LogP contribution in [0.25, 0.3) is 0 Å². The fraction of sp³-hybridized carbons (Fsp3) is 0.300. The van der Waals surface area contributed by atoms with E-state index in [9.17, 15) is 38.6 Å². The number of nitro benzene ring substituents is 2. The molecule has 184 valence electrons. The van der Waals surface area contributed by atoms with Gasteiger partial charge >= 0.3 is 11.9 Å². The number of nitrogens with zero attached hydrogens (tertiary/aromatic N) is 2. The predicted molar refractivity (Wildman–Crippen MR) is 109 cm³/mol. The van der Waals surface area contributed by atoms with Crippen molar-refractivity contribution >= 4 is 23.3 Å². The van der Waals surface area contributed by atoms with Crippen LogP contribution in [0.15, 0.2) is 36.4 Å². The molecule has 0 aliphatic carbocycles. The van der Waals surface area contributed by atoms with E-state index in [-0.39, 0.29) is 16.8 Å². The molecule has 0 saturated heterocycles. The number of hydrogen-bond donors (Lipinski definition) is 0. The molecule has 2 aromatic rings. The maximum absolute atomic E-state index is 13.7. The molecule has 0 saturated carbocycles. The fourth-order valence-electron chi connectivity index (χ4n) is 2.44. The van der Waals surface area contributed by atoms with Crippen molar-refractivity contribution in [3.63, 3.8) is 0 Å². The number of carbonyl (C=O) groups is 2. The number of halogens is 2. The number of ether oxygens (including phenoxy) is 4. The lowest BCUT2D eigenvalue weighted by Gasteiger charge is -2.17. The van der Waals surface area contributed by atoms with Gasteiger partial charge in [-0.05, 0) is 12.1 Å². The smallest absolute Gasteiger partial charge is 0.305 e. The summed E-state index contributed by atoms with van der Waals surface area (Å²) in [7, 11) is 2.71. The van der Waals surface area contributed by atoms with Gasteiger partial charge in [-0.25, -0.2) is 8.78 Å². The molecule has 2 rings (SSSR count). The molecule has 0 aliphatic rings. The number of non-ortho nitro benzene ring substituents is 2. The lowest BCUT2D eigenvalue weighted by Crippen LogP contribution is -2.16. The zero-order valence-corrected chi connectivity index (χ0v) is 18.4. The Bertz CT molecular complexity index is 1040. The molecule has 0 N–H and O–H groups in total. The molecule has 0 atom stereocenters. The summed E-state index contributed by atoms with van der Waals surface area (Å²) in [5.74, 6) is -3.31. The van der Waals surface area contributed by atoms with E-state index >= 15 is 0 Å². The van der Waals surface area contributed by atoms with Gasteiger partial charge in [0.1, 0.15) is 11.6 Å². The minimum atomic E-state index is -1.57. The zero-order valence-electron chi connectivity index (χ0n) is 18.4. The van der Waals surface area contributed by atoms with Crippen LogP contribution in [0, 0.1) is 31.9 Å². The Morgan fingerprint density at radius 3 is 1.38 bits per heavy atom. The first-order valence-electron chi connectivity index (χ1n) is 9.18. The van der Waals surface area contributed by atoms with Crippen molar-refractivity contribution < 1.29 is 47.2 Å². The zero-order chi connectivity index (χ0) is 26.0. The van der Waals surface area contributed by atoms with Gasteiger partial charge in [0, 0.05) is 45.8 Å². The second kappa shape index (κ2) is 12.9. The molecule has 12 nitrogen and oxygen atoms in total. The van der Waals surface area contributed by atoms with Crippen LogP contribution in [-0.4, -0.2) is 36.0 Å². The highest BCUT2D eigenvalue weighted by atomic mass is 19.1. The number of carbonyl (C=O) groups excluding carboxylic acids is 2. The molecule has 14 heteroatoms. The van der Waals surface area contributed by atoms with E-state index in [1.807, 2.05) is 0 Å². The summed E-state index contributed by atoms with van der Waals surface area (Å²) in [5.41, 5.74) is -0.922. The summed E-state index contributed by atoms with van der Waals surface area (Å²) < 4.78 is 46.0. The third-order valence-electron chi connectivity index (χ3n) is 3.87. The number of rotatable bonds is 8. The van der Waals surface area contributed by atoms with Crippen LogP contribution in [0.5, 0.6) is 0 Å². The normalized spacial score (nSPS) is 10.4. The van der Waals surface area contributed by atoms with Crippen LogP contribution in [0.4, 0.5) is 20.2 Å². The first-order valence-corrected chi connectivity index (χ1v) is 9.18. The second-order valence-electron chi connectivity index (χ2n) is 6.28. The summed E-state index contributed by atoms with van der Waals surface area (Å²) in [4.78, 5) is 41.1. The summed E-state index contributed by atoms with van der Waals surface area (Å²) in [6, 6.07) is 5.98. The lowest BCUT2D eigenvalue weighted by molar-refractivity contribution is -0.385. The van der Waals surface area contributed by atoms with E-state index in [2.05, 4.69) is 9.47 Å². The van der Waals surface area contributed by atoms with Crippen molar-refractivity contribution in [3.8, 4) is 0 Å². The Morgan fingerprint density at radius 1 is 0.765 bits per heavy atom. The van der Waals surface area contributed by atoms with Gasteiger partial charge < -0.3 is 18.9 Å². The van der Waals surface area contributed by atoms with Crippen molar-refractivity contribution in [2.45, 2.75) is 26.4 Å². The van der Waals surface area contributed by atoms with Gasteiger partial charge in [0.05, 0.1) is 27.5 Å². The minimum absolute atomic E-state index is 0.130. The van der Waals surface area contributed by atoms with Crippen molar-refractivity contribution in [1.29, 1.82) is 0 Å². The number of benzene rings is 2. The van der Waals surface area contributed by atoms with Crippen molar-refractivity contribution in [2.75, 3.05) is 14.2 Å². The highest BCUT2D eigenvalue weighted by Gasteiger charge is 2.24. The van der Waals surface area contributed by atoms with Crippen LogP contribution in [0.1, 0.15) is 37.6 Å². The van der Waals surface area contributed by atoms with Crippen LogP contribution in [0.3, 0.4) is 0 Å². The monoisotopic (exact) mass is 486 g/mol. The number of methoxy groups -OCH3 is 2. The molecular weight excluding hydrogens is 466 g/mol. The second-order valence-corrected chi connectivity index (χ2v) is 6.28. The average Bonchev–Trinajstić information content (AvgIpc) is 2.74. The molecule has 0 fully saturated rings. The Balaban J connectivity index is 0.000000350. The fourth-order valence-corrected chi connectivity index (χ4v) is 2.44. The maximum Gasteiger partial charge on any atom is 0.305 e. The van der Waals surface area contributed by atoms with E-state index in [1.54, 1.807) is 0 Å². The molecule has 0 unspecified atom stereocenters. The Labute approximate surface area is 191 Å². The van der Waals surface area contributed by atoms with Gasteiger partial charge in [-0.3, -0.25) is 29.8 Å². The highest BCUT2D eigenvalue weighted by Crippen LogP contribution is 2.26. The molecule has 2 aromatic carbocycles. The quantitative estimate of drug-likeness (QED) is 0.232. The first-order chi connectivity index (χ1) is 15.9. The molecule has 0 amide bonds. The largest absolute Gasteiger partial charge is 0.421 e. The Kier molecular flexibility index (Phi) is 10.6. The third kappa shape index (κ3) is 8.14. The van der Waals surface area contributed by atoms with E-state index in [1.165, 1.54) is 26.4 Å². The molecule has 0 radical (unpaired) electrons. The molecule has 0 bridgehead atoms. The van der Waals surface area contributed by atoms with Gasteiger partial charge in [0.15, 0.2) is 6.29 Å². The molecule has 34 heavy (non-hydrogen) atoms. The van der Waals surface area contributed by atoms with E-state index in [4.69, 9.17) is 9.47 Å². The predicted octanol–water partition coefficient (Wildman–Crippen LogP) is 3.88. The SMILES string of the molecule is CC(=O)OC(OC(C)=O)c1ccc([N+](=O)[O-])cc1F.COC(OC)c1ccc([N+](=O)[O-])cc1F. The Morgan fingerprint density at radius 2 is 1.12 bits per heavy atom. The molecule has 0 heterocycles. The molecule has 0 aliphatic heterocycles. The molecule has 0 aromatic heterocycles. The third-order valence-corrected chi connectivity index (χ3v) is 3.87. The van der Waals surface area contributed by atoms with Crippen LogP contribution >= 0.6 is 0 Å². The van der Waals surface area contributed by atoms with Gasteiger partial charge in [-0.15, -0.1) is 0 Å². The lowest BCUT2D eigenvalue weighted by atomic mass is 10.2. The summed E-state index contributed by atoms with van der Waals surface area (Å²) in [6.07, 6.45) is -2.43. The first kappa shape index (κ1) is 28.0. The van der Waals surface area contributed by atoms with Gasteiger partial charge in [-0.1, -0.05) is 0 Å². The standard InChI is InChI=1S/C11H10FNO6.C9H10FNO4/c1-6(14)18-11(19-7(2)15)9-4-3-8(13(16)17)5-10(9)12;1-14-9(15-2)7-4-3-6(11(12)13)5-8(7)10/h3-5,11H,1-2H3;3-5,9H,1-2H3. The van der Waals surface area contributed by atoms with Crippen LogP contribution in [0.2, 0.25) is 0 Å². The Hall–Kier alpha value is -4.04. The maximum atomic E-state index is 13.7. The van der Waals surface area contributed by atoms with Crippen LogP contribution < -0.4 is 0 Å². The van der Waals surface area contributed by atoms with Crippen molar-refractivity contribution in [3.05, 3.63) is 79.4 Å². The highest BCUT2D eigenvalue weighted by molar-refractivity contribution is 5.68. The van der Waals surface area contributed by atoms with Crippen molar-refractivity contribution in [2.24, 2.45) is 0 Å². The topological polar surface area (TPSA) is 157 Å².